The normalized spacial score (nSPS) is 19.6. The minimum Gasteiger partial charge on any atom is -0.388 e. The highest BCUT2D eigenvalue weighted by Gasteiger charge is 2.18. The monoisotopic (exact) mass is 293 g/mol. The molecule has 0 spiro atoms. The fourth-order valence-electron chi connectivity index (χ4n) is 2.39. The second-order valence-corrected chi connectivity index (χ2v) is 5.57. The number of hydrogen-bond acceptors (Lipinski definition) is 2. The molecule has 0 fully saturated rings. The molecule has 2 atom stereocenters. The van der Waals surface area contributed by atoms with Gasteiger partial charge in [-0.05, 0) is 43.4 Å². The Morgan fingerprint density at radius 1 is 1.45 bits per heavy atom. The number of rotatable bonds is 5. The van der Waals surface area contributed by atoms with Crippen LogP contribution in [-0.4, -0.2) is 17.6 Å². The maximum Gasteiger partial charge on any atom is 0.223 e. The van der Waals surface area contributed by atoms with Crippen molar-refractivity contribution in [3.8, 4) is 0 Å². The third-order valence-electron chi connectivity index (χ3n) is 3.59. The van der Waals surface area contributed by atoms with E-state index in [2.05, 4.69) is 17.5 Å². The summed E-state index contributed by atoms with van der Waals surface area (Å²) in [6.07, 6.45) is 6.79. The molecule has 0 radical (unpaired) electrons. The predicted octanol–water partition coefficient (Wildman–Crippen LogP) is 3.24. The number of nitrogens with one attached hydrogen (secondary N) is 1. The van der Waals surface area contributed by atoms with Gasteiger partial charge in [-0.1, -0.05) is 35.9 Å². The fourth-order valence-corrected chi connectivity index (χ4v) is 2.59. The van der Waals surface area contributed by atoms with Crippen molar-refractivity contribution in [2.75, 3.05) is 6.54 Å². The Labute approximate surface area is 124 Å². The summed E-state index contributed by atoms with van der Waals surface area (Å²) in [4.78, 5) is 11.9. The van der Waals surface area contributed by atoms with Crippen molar-refractivity contribution in [3.63, 3.8) is 0 Å². The van der Waals surface area contributed by atoms with Crippen LogP contribution in [-0.2, 0) is 4.79 Å². The number of halogens is 1. The van der Waals surface area contributed by atoms with Crippen molar-refractivity contribution in [2.24, 2.45) is 5.92 Å². The van der Waals surface area contributed by atoms with Crippen molar-refractivity contribution in [2.45, 2.75) is 31.8 Å². The van der Waals surface area contributed by atoms with Crippen LogP contribution in [0.3, 0.4) is 0 Å². The second-order valence-electron chi connectivity index (χ2n) is 5.13. The van der Waals surface area contributed by atoms with E-state index in [0.717, 1.165) is 24.8 Å². The SMILES string of the molecule is O=C(NCC[C@H](O)c1cccc(Cl)c1)[C@H]1CC=CCC1. The van der Waals surface area contributed by atoms with Gasteiger partial charge in [0.05, 0.1) is 6.10 Å². The second kappa shape index (κ2) is 7.46. The summed E-state index contributed by atoms with van der Waals surface area (Å²) in [5, 5.41) is 13.6. The minimum absolute atomic E-state index is 0.0864. The third kappa shape index (κ3) is 4.36. The summed E-state index contributed by atoms with van der Waals surface area (Å²) >= 11 is 5.89. The number of hydrogen-bond donors (Lipinski definition) is 2. The van der Waals surface area contributed by atoms with Crippen LogP contribution < -0.4 is 5.32 Å². The van der Waals surface area contributed by atoms with Gasteiger partial charge in [0.25, 0.3) is 0 Å². The molecule has 2 N–H and O–H groups in total. The molecule has 0 saturated heterocycles. The highest BCUT2D eigenvalue weighted by molar-refractivity contribution is 6.30. The van der Waals surface area contributed by atoms with E-state index in [-0.39, 0.29) is 11.8 Å². The summed E-state index contributed by atoms with van der Waals surface area (Å²) in [5.41, 5.74) is 0.785. The number of amides is 1. The average Bonchev–Trinajstić information content (AvgIpc) is 2.48. The zero-order valence-electron chi connectivity index (χ0n) is 11.4. The van der Waals surface area contributed by atoms with Gasteiger partial charge in [-0.25, -0.2) is 0 Å². The number of benzene rings is 1. The van der Waals surface area contributed by atoms with Crippen molar-refractivity contribution < 1.29 is 9.90 Å². The average molecular weight is 294 g/mol. The van der Waals surface area contributed by atoms with Gasteiger partial charge in [-0.15, -0.1) is 0 Å². The number of carbonyl (C=O) groups excluding carboxylic acids is 1. The lowest BCUT2D eigenvalue weighted by Gasteiger charge is -2.18. The van der Waals surface area contributed by atoms with E-state index in [1.807, 2.05) is 12.1 Å². The molecule has 0 heterocycles. The Balaban J connectivity index is 1.75. The van der Waals surface area contributed by atoms with E-state index in [9.17, 15) is 9.90 Å². The van der Waals surface area contributed by atoms with Gasteiger partial charge in [0.15, 0.2) is 0 Å². The topological polar surface area (TPSA) is 49.3 Å². The first-order valence-electron chi connectivity index (χ1n) is 7.03. The molecule has 1 aromatic rings. The summed E-state index contributed by atoms with van der Waals surface area (Å²) in [5.74, 6) is 0.177. The molecule has 2 rings (SSSR count). The first kappa shape index (κ1) is 15.1. The van der Waals surface area contributed by atoms with Crippen LogP contribution in [0.25, 0.3) is 0 Å². The summed E-state index contributed by atoms with van der Waals surface area (Å²) < 4.78 is 0. The van der Waals surface area contributed by atoms with Crippen LogP contribution in [0.2, 0.25) is 5.02 Å². The van der Waals surface area contributed by atoms with Crippen molar-refractivity contribution in [3.05, 3.63) is 47.0 Å². The molecule has 1 aliphatic rings. The van der Waals surface area contributed by atoms with Crippen LogP contribution in [0.1, 0.15) is 37.4 Å². The van der Waals surface area contributed by atoms with Gasteiger partial charge in [0.1, 0.15) is 0 Å². The summed E-state index contributed by atoms with van der Waals surface area (Å²) in [6.45, 7) is 0.479. The lowest BCUT2D eigenvalue weighted by molar-refractivity contribution is -0.125. The smallest absolute Gasteiger partial charge is 0.223 e. The molecule has 0 unspecified atom stereocenters. The molecular formula is C16H20ClNO2. The Bertz CT molecular complexity index is 487. The molecule has 3 nitrogen and oxygen atoms in total. The molecule has 0 aromatic heterocycles. The van der Waals surface area contributed by atoms with Crippen LogP contribution in [0.4, 0.5) is 0 Å². The van der Waals surface area contributed by atoms with Gasteiger partial charge >= 0.3 is 0 Å². The number of allylic oxidation sites excluding steroid dienone is 2. The molecule has 4 heteroatoms. The van der Waals surface area contributed by atoms with E-state index < -0.39 is 6.10 Å². The molecule has 0 aliphatic heterocycles. The summed E-state index contributed by atoms with van der Waals surface area (Å²) in [7, 11) is 0. The largest absolute Gasteiger partial charge is 0.388 e. The van der Waals surface area contributed by atoms with E-state index in [1.165, 1.54) is 0 Å². The Morgan fingerprint density at radius 2 is 2.30 bits per heavy atom. The molecule has 0 saturated carbocycles. The van der Waals surface area contributed by atoms with Gasteiger partial charge in [-0.3, -0.25) is 4.79 Å². The van der Waals surface area contributed by atoms with Gasteiger partial charge in [0, 0.05) is 17.5 Å². The number of carbonyl (C=O) groups is 1. The van der Waals surface area contributed by atoms with E-state index in [1.54, 1.807) is 12.1 Å². The molecule has 20 heavy (non-hydrogen) atoms. The van der Waals surface area contributed by atoms with Crippen LogP contribution >= 0.6 is 11.6 Å². The number of aliphatic hydroxyl groups excluding tert-OH is 1. The molecule has 108 valence electrons. The lowest BCUT2D eigenvalue weighted by atomic mass is 9.93. The highest BCUT2D eigenvalue weighted by atomic mass is 35.5. The first-order valence-corrected chi connectivity index (χ1v) is 7.41. The maximum absolute atomic E-state index is 11.9. The van der Waals surface area contributed by atoms with Crippen LogP contribution in [0, 0.1) is 5.92 Å². The lowest BCUT2D eigenvalue weighted by Crippen LogP contribution is -2.32. The van der Waals surface area contributed by atoms with E-state index in [4.69, 9.17) is 11.6 Å². The molecule has 1 aromatic carbocycles. The Hall–Kier alpha value is -1.32. The Kier molecular flexibility index (Phi) is 5.62. The van der Waals surface area contributed by atoms with Crippen molar-refractivity contribution >= 4 is 17.5 Å². The van der Waals surface area contributed by atoms with Gasteiger partial charge in [-0.2, -0.15) is 0 Å². The predicted molar refractivity (Wildman–Crippen MR) is 80.5 cm³/mol. The van der Waals surface area contributed by atoms with Crippen molar-refractivity contribution in [1.29, 1.82) is 0 Å². The molecule has 1 amide bonds. The minimum atomic E-state index is -0.597. The molecule has 1 aliphatic carbocycles. The third-order valence-corrected chi connectivity index (χ3v) is 3.83. The zero-order chi connectivity index (χ0) is 14.4. The zero-order valence-corrected chi connectivity index (χ0v) is 12.1. The van der Waals surface area contributed by atoms with Crippen LogP contribution in [0.15, 0.2) is 36.4 Å². The van der Waals surface area contributed by atoms with E-state index >= 15 is 0 Å². The van der Waals surface area contributed by atoms with Gasteiger partial charge in [0.2, 0.25) is 5.91 Å². The standard InChI is InChI=1S/C16H20ClNO2/c17-14-8-4-7-13(11-14)15(19)9-10-18-16(20)12-5-2-1-3-6-12/h1-2,4,7-8,11-12,15,19H,3,5-6,9-10H2,(H,18,20)/t12-,15-/m0/s1. The van der Waals surface area contributed by atoms with Crippen molar-refractivity contribution in [1.82, 2.24) is 5.32 Å². The van der Waals surface area contributed by atoms with Crippen LogP contribution in [0.5, 0.6) is 0 Å². The molecular weight excluding hydrogens is 274 g/mol. The quantitative estimate of drug-likeness (QED) is 0.819. The number of aliphatic hydroxyl groups is 1. The van der Waals surface area contributed by atoms with E-state index in [0.29, 0.717) is 18.0 Å². The highest BCUT2D eigenvalue weighted by Crippen LogP contribution is 2.20. The van der Waals surface area contributed by atoms with Gasteiger partial charge < -0.3 is 10.4 Å². The summed E-state index contributed by atoms with van der Waals surface area (Å²) in [6, 6.07) is 7.17. The maximum atomic E-state index is 11.9. The molecule has 0 bridgehead atoms. The Morgan fingerprint density at radius 3 is 3.00 bits per heavy atom. The first-order chi connectivity index (χ1) is 9.66. The fraction of sp³-hybridized carbons (Fsp3) is 0.438.